The number of amides is 2. The molecule has 2 amide bonds. The fraction of sp³-hybridized carbons (Fsp3) is 0.222. The van der Waals surface area contributed by atoms with E-state index >= 15 is 0 Å². The quantitative estimate of drug-likeness (QED) is 0.831. The number of anilines is 2. The molecule has 1 heterocycles. The Morgan fingerprint density at radius 3 is 3.00 bits per heavy atom. The fourth-order valence-corrected chi connectivity index (χ4v) is 3.43. The van der Waals surface area contributed by atoms with Crippen LogP contribution in [0.25, 0.3) is 0 Å². The van der Waals surface area contributed by atoms with Crippen molar-refractivity contribution < 1.29 is 14.3 Å². The van der Waals surface area contributed by atoms with Crippen molar-refractivity contribution in [3.8, 4) is 5.75 Å². The molecule has 7 heteroatoms. The number of carbonyl (C=O) groups is 2. The van der Waals surface area contributed by atoms with E-state index in [2.05, 4.69) is 16.7 Å². The van der Waals surface area contributed by atoms with Crippen molar-refractivity contribution in [2.24, 2.45) is 0 Å². The number of hydrogen-bond acceptors (Lipinski definition) is 4. The Morgan fingerprint density at radius 2 is 2.20 bits per heavy atom. The van der Waals surface area contributed by atoms with E-state index < -0.39 is 0 Å². The standard InChI is InChI=1S/C18H17ClN2O3S/c1-11-3-2-4-12(5-11)9-25-10-18(23)20-14-7-16-15(6-13(14)19)21-17(22)8-24-16/h2-7H,8-10H2,1H3,(H,20,23)(H,21,22). The lowest BCUT2D eigenvalue weighted by molar-refractivity contribution is -0.118. The molecule has 2 N–H and O–H groups in total. The van der Waals surface area contributed by atoms with Gasteiger partial charge >= 0.3 is 0 Å². The van der Waals surface area contributed by atoms with Gasteiger partial charge in [0.25, 0.3) is 5.91 Å². The molecule has 0 atom stereocenters. The molecule has 0 fully saturated rings. The summed E-state index contributed by atoms with van der Waals surface area (Å²) < 4.78 is 5.34. The van der Waals surface area contributed by atoms with Gasteiger partial charge in [-0.2, -0.15) is 0 Å². The Hall–Kier alpha value is -2.18. The van der Waals surface area contributed by atoms with Crippen molar-refractivity contribution in [3.63, 3.8) is 0 Å². The highest BCUT2D eigenvalue weighted by molar-refractivity contribution is 7.99. The van der Waals surface area contributed by atoms with Crippen LogP contribution < -0.4 is 15.4 Å². The number of rotatable bonds is 5. The van der Waals surface area contributed by atoms with Crippen LogP contribution >= 0.6 is 23.4 Å². The van der Waals surface area contributed by atoms with E-state index in [0.29, 0.717) is 27.9 Å². The lowest BCUT2D eigenvalue weighted by Gasteiger charge is -2.19. The number of benzene rings is 2. The molecule has 0 radical (unpaired) electrons. The van der Waals surface area contributed by atoms with Crippen molar-refractivity contribution in [1.82, 2.24) is 0 Å². The second kappa shape index (κ2) is 7.80. The van der Waals surface area contributed by atoms with Crippen LogP contribution in [0.4, 0.5) is 11.4 Å². The maximum absolute atomic E-state index is 12.1. The molecule has 3 rings (SSSR count). The van der Waals surface area contributed by atoms with Crippen molar-refractivity contribution in [2.45, 2.75) is 12.7 Å². The minimum Gasteiger partial charge on any atom is -0.482 e. The first-order chi connectivity index (χ1) is 12.0. The number of carbonyl (C=O) groups excluding carboxylic acids is 2. The molecular weight excluding hydrogens is 360 g/mol. The molecule has 1 aliphatic rings. The molecule has 0 aliphatic carbocycles. The molecule has 0 aromatic heterocycles. The summed E-state index contributed by atoms with van der Waals surface area (Å²) in [6.07, 6.45) is 0. The van der Waals surface area contributed by atoms with Gasteiger partial charge in [-0.15, -0.1) is 11.8 Å². The van der Waals surface area contributed by atoms with Crippen molar-refractivity contribution >= 4 is 46.6 Å². The Labute approximate surface area is 155 Å². The van der Waals surface area contributed by atoms with E-state index in [0.717, 1.165) is 5.75 Å². The lowest BCUT2D eigenvalue weighted by Crippen LogP contribution is -2.25. The smallest absolute Gasteiger partial charge is 0.262 e. The zero-order valence-corrected chi connectivity index (χ0v) is 15.2. The average Bonchev–Trinajstić information content (AvgIpc) is 2.56. The molecule has 25 heavy (non-hydrogen) atoms. The molecule has 0 unspecified atom stereocenters. The molecule has 0 saturated carbocycles. The summed E-state index contributed by atoms with van der Waals surface area (Å²) in [6.45, 7) is 2.00. The van der Waals surface area contributed by atoms with Gasteiger partial charge in [-0.05, 0) is 18.6 Å². The Morgan fingerprint density at radius 1 is 1.36 bits per heavy atom. The number of hydrogen-bond donors (Lipinski definition) is 2. The van der Waals surface area contributed by atoms with E-state index in [1.54, 1.807) is 12.1 Å². The van der Waals surface area contributed by atoms with Crippen LogP contribution in [0.1, 0.15) is 11.1 Å². The third-order valence-corrected chi connectivity index (χ3v) is 4.88. The van der Waals surface area contributed by atoms with Gasteiger partial charge in [-0.25, -0.2) is 0 Å². The van der Waals surface area contributed by atoms with Gasteiger partial charge in [0.15, 0.2) is 6.61 Å². The number of aryl methyl sites for hydroxylation is 1. The van der Waals surface area contributed by atoms with Crippen LogP contribution in [0, 0.1) is 6.92 Å². The molecule has 2 aromatic rings. The van der Waals surface area contributed by atoms with Crippen molar-refractivity contribution in [2.75, 3.05) is 23.0 Å². The maximum atomic E-state index is 12.1. The van der Waals surface area contributed by atoms with Gasteiger partial charge in [0.1, 0.15) is 5.75 Å². The van der Waals surface area contributed by atoms with Gasteiger partial charge in [0.05, 0.1) is 22.2 Å². The summed E-state index contributed by atoms with van der Waals surface area (Å²) in [6, 6.07) is 11.4. The van der Waals surface area contributed by atoms with Crippen LogP contribution in [-0.2, 0) is 15.3 Å². The first-order valence-electron chi connectivity index (χ1n) is 7.70. The van der Waals surface area contributed by atoms with Crippen LogP contribution in [0.3, 0.4) is 0 Å². The number of thioether (sulfide) groups is 1. The molecule has 0 spiro atoms. The number of ether oxygens (including phenoxy) is 1. The predicted octanol–water partition coefficient (Wildman–Crippen LogP) is 3.85. The molecule has 0 saturated heterocycles. The molecule has 0 bridgehead atoms. The van der Waals surface area contributed by atoms with E-state index in [1.807, 2.05) is 25.1 Å². The van der Waals surface area contributed by atoms with Crippen molar-refractivity contribution in [3.05, 3.63) is 52.5 Å². The summed E-state index contributed by atoms with van der Waals surface area (Å²) in [5, 5.41) is 5.81. The second-order valence-corrected chi connectivity index (χ2v) is 7.09. The van der Waals surface area contributed by atoms with E-state index in [9.17, 15) is 9.59 Å². The van der Waals surface area contributed by atoms with E-state index in [-0.39, 0.29) is 18.4 Å². The summed E-state index contributed by atoms with van der Waals surface area (Å²) in [4.78, 5) is 23.4. The third kappa shape index (κ3) is 4.67. The van der Waals surface area contributed by atoms with Gasteiger partial charge in [0.2, 0.25) is 5.91 Å². The second-order valence-electron chi connectivity index (χ2n) is 5.70. The van der Waals surface area contributed by atoms with Crippen LogP contribution in [0.5, 0.6) is 5.75 Å². The number of nitrogens with one attached hydrogen (secondary N) is 2. The zero-order chi connectivity index (χ0) is 17.8. The summed E-state index contributed by atoms with van der Waals surface area (Å²) in [5.74, 6) is 1.21. The SMILES string of the molecule is Cc1cccc(CSCC(=O)Nc2cc3c(cc2Cl)NC(=O)CO3)c1. The maximum Gasteiger partial charge on any atom is 0.262 e. The van der Waals surface area contributed by atoms with E-state index in [1.165, 1.54) is 22.9 Å². The van der Waals surface area contributed by atoms with E-state index in [4.69, 9.17) is 16.3 Å². The summed E-state index contributed by atoms with van der Waals surface area (Å²) in [5.41, 5.74) is 3.37. The lowest BCUT2D eigenvalue weighted by atomic mass is 10.2. The average molecular weight is 377 g/mol. The normalized spacial score (nSPS) is 12.8. The molecular formula is C18H17ClN2O3S. The van der Waals surface area contributed by atoms with Crippen LogP contribution in [-0.4, -0.2) is 24.2 Å². The van der Waals surface area contributed by atoms with Gasteiger partial charge < -0.3 is 15.4 Å². The van der Waals surface area contributed by atoms with Crippen molar-refractivity contribution in [1.29, 1.82) is 0 Å². The Kier molecular flexibility index (Phi) is 5.50. The fourth-order valence-electron chi connectivity index (χ4n) is 2.45. The number of halogens is 1. The van der Waals surface area contributed by atoms with Gasteiger partial charge in [-0.1, -0.05) is 41.4 Å². The third-order valence-electron chi connectivity index (χ3n) is 3.56. The first kappa shape index (κ1) is 17.6. The van der Waals surface area contributed by atoms with Gasteiger partial charge in [0, 0.05) is 11.8 Å². The van der Waals surface area contributed by atoms with Gasteiger partial charge in [-0.3, -0.25) is 9.59 Å². The Balaban J connectivity index is 1.57. The zero-order valence-electron chi connectivity index (χ0n) is 13.6. The monoisotopic (exact) mass is 376 g/mol. The largest absolute Gasteiger partial charge is 0.482 e. The molecule has 1 aliphatic heterocycles. The molecule has 2 aromatic carbocycles. The molecule has 130 valence electrons. The predicted molar refractivity (Wildman–Crippen MR) is 102 cm³/mol. The highest BCUT2D eigenvalue weighted by atomic mass is 35.5. The molecule has 5 nitrogen and oxygen atoms in total. The number of fused-ring (bicyclic) bond motifs is 1. The first-order valence-corrected chi connectivity index (χ1v) is 9.24. The minimum atomic E-state index is -0.229. The highest BCUT2D eigenvalue weighted by Gasteiger charge is 2.19. The van der Waals surface area contributed by atoms with Crippen LogP contribution in [0.2, 0.25) is 5.02 Å². The van der Waals surface area contributed by atoms with Crippen LogP contribution in [0.15, 0.2) is 36.4 Å². The Bertz CT molecular complexity index is 826. The highest BCUT2D eigenvalue weighted by Crippen LogP contribution is 2.36. The topological polar surface area (TPSA) is 67.4 Å². The summed E-state index contributed by atoms with van der Waals surface area (Å²) in [7, 11) is 0. The summed E-state index contributed by atoms with van der Waals surface area (Å²) >= 11 is 7.71. The minimum absolute atomic E-state index is 0.0473.